The second-order valence-corrected chi connectivity index (χ2v) is 5.11. The Morgan fingerprint density at radius 3 is 2.46 bits per heavy atom. The highest BCUT2D eigenvalue weighted by molar-refractivity contribution is 6.03. The Morgan fingerprint density at radius 2 is 1.71 bits per heavy atom. The number of hydrogen-bond donors (Lipinski definition) is 2. The molecule has 0 atom stereocenters. The molecule has 0 aliphatic rings. The van der Waals surface area contributed by atoms with Gasteiger partial charge in [0.15, 0.2) is 0 Å². The average molecular weight is 322 g/mol. The van der Waals surface area contributed by atoms with Gasteiger partial charge in [-0.3, -0.25) is 4.79 Å². The van der Waals surface area contributed by atoms with Crippen LogP contribution in [0.3, 0.4) is 0 Å². The van der Waals surface area contributed by atoms with Crippen LogP contribution in [0.25, 0.3) is 0 Å². The number of carbonyl (C=O) groups excluding carboxylic acids is 1. The average Bonchev–Trinajstić information content (AvgIpc) is 2.57. The van der Waals surface area contributed by atoms with Gasteiger partial charge in [-0.15, -0.1) is 0 Å². The molecule has 0 saturated carbocycles. The molecule has 0 fully saturated rings. The van der Waals surface area contributed by atoms with E-state index in [2.05, 4.69) is 20.6 Å². The number of aromatic nitrogens is 2. The number of aryl methyl sites for hydroxylation is 1. The van der Waals surface area contributed by atoms with E-state index in [0.29, 0.717) is 11.6 Å². The molecule has 2 aromatic carbocycles. The molecule has 2 N–H and O–H groups in total. The third kappa shape index (κ3) is 3.73. The molecule has 5 nitrogen and oxygen atoms in total. The molecular formula is C18H15FN4O. The summed E-state index contributed by atoms with van der Waals surface area (Å²) in [7, 11) is 0. The predicted octanol–water partition coefficient (Wildman–Crippen LogP) is 3.92. The van der Waals surface area contributed by atoms with Gasteiger partial charge < -0.3 is 10.6 Å². The zero-order valence-electron chi connectivity index (χ0n) is 13.0. The Balaban J connectivity index is 1.83. The first-order chi connectivity index (χ1) is 11.6. The highest BCUT2D eigenvalue weighted by Crippen LogP contribution is 2.17. The molecule has 6 heteroatoms. The highest BCUT2D eigenvalue weighted by Gasteiger charge is 2.13. The molecule has 1 amide bonds. The molecular weight excluding hydrogens is 307 g/mol. The zero-order chi connectivity index (χ0) is 16.9. The summed E-state index contributed by atoms with van der Waals surface area (Å²) in [4.78, 5) is 20.7. The fourth-order valence-electron chi connectivity index (χ4n) is 2.17. The molecule has 3 aromatic rings. The van der Waals surface area contributed by atoms with Crippen molar-refractivity contribution in [1.29, 1.82) is 0 Å². The number of amides is 1. The summed E-state index contributed by atoms with van der Waals surface area (Å²) < 4.78 is 13.7. The lowest BCUT2D eigenvalue weighted by Gasteiger charge is -2.09. The van der Waals surface area contributed by atoms with Crippen LogP contribution in [-0.2, 0) is 0 Å². The fraction of sp³-hybridized carbons (Fsp3) is 0.0556. The minimum absolute atomic E-state index is 0.108. The first-order valence-electron chi connectivity index (χ1n) is 7.35. The van der Waals surface area contributed by atoms with E-state index in [1.165, 1.54) is 18.2 Å². The van der Waals surface area contributed by atoms with Crippen molar-refractivity contribution < 1.29 is 9.18 Å². The van der Waals surface area contributed by atoms with Crippen LogP contribution < -0.4 is 10.6 Å². The Bertz CT molecular complexity index is 868. The standard InChI is InChI=1S/C18H15FN4O/c1-12-20-16(18(24)23-15-10-6-5-9-14(15)19)11-17(21-12)22-13-7-3-2-4-8-13/h2-11H,1H3,(H,23,24)(H,20,21,22). The minimum atomic E-state index is -0.501. The quantitative estimate of drug-likeness (QED) is 0.764. The van der Waals surface area contributed by atoms with E-state index in [4.69, 9.17) is 0 Å². The van der Waals surface area contributed by atoms with E-state index in [1.54, 1.807) is 19.1 Å². The fourth-order valence-corrected chi connectivity index (χ4v) is 2.17. The minimum Gasteiger partial charge on any atom is -0.340 e. The number of nitrogens with one attached hydrogen (secondary N) is 2. The van der Waals surface area contributed by atoms with Gasteiger partial charge in [0.05, 0.1) is 5.69 Å². The van der Waals surface area contributed by atoms with Crippen molar-refractivity contribution in [3.8, 4) is 0 Å². The van der Waals surface area contributed by atoms with Crippen LogP contribution in [0.2, 0.25) is 0 Å². The molecule has 24 heavy (non-hydrogen) atoms. The molecule has 0 bridgehead atoms. The first kappa shape index (κ1) is 15.6. The normalized spacial score (nSPS) is 10.2. The summed E-state index contributed by atoms with van der Waals surface area (Å²) >= 11 is 0. The Labute approximate surface area is 138 Å². The number of anilines is 3. The van der Waals surface area contributed by atoms with Crippen LogP contribution in [-0.4, -0.2) is 15.9 Å². The number of carbonyl (C=O) groups is 1. The molecule has 0 aliphatic heterocycles. The zero-order valence-corrected chi connectivity index (χ0v) is 13.0. The third-order valence-electron chi connectivity index (χ3n) is 3.24. The highest BCUT2D eigenvalue weighted by atomic mass is 19.1. The van der Waals surface area contributed by atoms with E-state index < -0.39 is 11.7 Å². The van der Waals surface area contributed by atoms with E-state index >= 15 is 0 Å². The van der Waals surface area contributed by atoms with Gasteiger partial charge in [-0.25, -0.2) is 14.4 Å². The lowest BCUT2D eigenvalue weighted by Crippen LogP contribution is -2.16. The maximum absolute atomic E-state index is 13.7. The number of rotatable bonds is 4. The summed E-state index contributed by atoms with van der Waals surface area (Å²) in [6, 6.07) is 17.0. The second-order valence-electron chi connectivity index (χ2n) is 5.11. The van der Waals surface area contributed by atoms with E-state index in [9.17, 15) is 9.18 Å². The summed E-state index contributed by atoms with van der Waals surface area (Å²) in [5, 5.41) is 5.62. The topological polar surface area (TPSA) is 66.9 Å². The monoisotopic (exact) mass is 322 g/mol. The van der Waals surface area contributed by atoms with Gasteiger partial charge in [0.2, 0.25) is 0 Å². The van der Waals surface area contributed by atoms with Crippen LogP contribution in [0, 0.1) is 12.7 Å². The maximum atomic E-state index is 13.7. The van der Waals surface area contributed by atoms with Gasteiger partial charge in [0, 0.05) is 11.8 Å². The number of para-hydroxylation sites is 2. The van der Waals surface area contributed by atoms with Crippen molar-refractivity contribution >= 4 is 23.1 Å². The lowest BCUT2D eigenvalue weighted by molar-refractivity contribution is 0.102. The van der Waals surface area contributed by atoms with E-state index in [1.807, 2.05) is 30.3 Å². The van der Waals surface area contributed by atoms with Gasteiger partial charge in [0.1, 0.15) is 23.2 Å². The molecule has 0 spiro atoms. The molecule has 0 aliphatic carbocycles. The first-order valence-corrected chi connectivity index (χ1v) is 7.35. The van der Waals surface area contributed by atoms with Gasteiger partial charge in [-0.2, -0.15) is 0 Å². The number of hydrogen-bond acceptors (Lipinski definition) is 4. The van der Waals surface area contributed by atoms with Crippen LogP contribution in [0.4, 0.5) is 21.6 Å². The summed E-state index contributed by atoms with van der Waals surface area (Å²) in [5.41, 5.74) is 1.11. The maximum Gasteiger partial charge on any atom is 0.274 e. The number of benzene rings is 2. The smallest absolute Gasteiger partial charge is 0.274 e. The van der Waals surface area contributed by atoms with Crippen molar-refractivity contribution in [3.63, 3.8) is 0 Å². The van der Waals surface area contributed by atoms with Gasteiger partial charge >= 0.3 is 0 Å². The van der Waals surface area contributed by atoms with Gasteiger partial charge in [-0.05, 0) is 31.2 Å². The summed E-state index contributed by atoms with van der Waals surface area (Å²) in [6.07, 6.45) is 0. The van der Waals surface area contributed by atoms with Crippen LogP contribution in [0.15, 0.2) is 60.7 Å². The molecule has 120 valence electrons. The van der Waals surface area contributed by atoms with Crippen LogP contribution in [0.1, 0.15) is 16.3 Å². The van der Waals surface area contributed by atoms with Crippen molar-refractivity contribution in [3.05, 3.63) is 78.0 Å². The van der Waals surface area contributed by atoms with Gasteiger partial charge in [0.25, 0.3) is 5.91 Å². The lowest BCUT2D eigenvalue weighted by atomic mass is 10.2. The summed E-state index contributed by atoms with van der Waals surface area (Å²) in [6.45, 7) is 1.69. The van der Waals surface area contributed by atoms with E-state index in [-0.39, 0.29) is 11.4 Å². The van der Waals surface area contributed by atoms with Gasteiger partial charge in [-0.1, -0.05) is 30.3 Å². The van der Waals surface area contributed by atoms with Crippen LogP contribution >= 0.6 is 0 Å². The second kappa shape index (κ2) is 6.87. The molecule has 0 radical (unpaired) electrons. The largest absolute Gasteiger partial charge is 0.340 e. The van der Waals surface area contributed by atoms with Crippen molar-refractivity contribution in [2.24, 2.45) is 0 Å². The Hall–Kier alpha value is -3.28. The summed E-state index contributed by atoms with van der Waals surface area (Å²) in [5.74, 6) is -0.0667. The molecule has 3 rings (SSSR count). The van der Waals surface area contributed by atoms with E-state index in [0.717, 1.165) is 5.69 Å². The molecule has 1 aromatic heterocycles. The predicted molar refractivity (Wildman–Crippen MR) is 90.8 cm³/mol. The molecule has 0 saturated heterocycles. The SMILES string of the molecule is Cc1nc(Nc2ccccc2)cc(C(=O)Nc2ccccc2F)n1. The molecule has 0 unspecified atom stereocenters. The van der Waals surface area contributed by atoms with Crippen molar-refractivity contribution in [2.45, 2.75) is 6.92 Å². The number of nitrogens with zero attached hydrogens (tertiary/aromatic N) is 2. The van der Waals surface area contributed by atoms with Crippen molar-refractivity contribution in [2.75, 3.05) is 10.6 Å². The molecule has 1 heterocycles. The Morgan fingerprint density at radius 1 is 1.00 bits per heavy atom. The Kier molecular flexibility index (Phi) is 4.47. The van der Waals surface area contributed by atoms with Crippen molar-refractivity contribution in [1.82, 2.24) is 9.97 Å². The van der Waals surface area contributed by atoms with Crippen LogP contribution in [0.5, 0.6) is 0 Å². The number of halogens is 1. The third-order valence-corrected chi connectivity index (χ3v) is 3.24.